The van der Waals surface area contributed by atoms with Gasteiger partial charge in [0.15, 0.2) is 11.4 Å². The fourth-order valence-corrected chi connectivity index (χ4v) is 4.00. The second-order valence-electron chi connectivity index (χ2n) is 8.14. The average Bonchev–Trinajstić information content (AvgIpc) is 3.24. The predicted molar refractivity (Wildman–Crippen MR) is 131 cm³/mol. The van der Waals surface area contributed by atoms with Crippen LogP contribution in [-0.4, -0.2) is 26.3 Å². The van der Waals surface area contributed by atoms with Gasteiger partial charge < -0.3 is 9.47 Å². The molecule has 0 radical (unpaired) electrons. The number of methoxy groups -OCH3 is 1. The molecule has 0 unspecified atom stereocenters. The molecule has 0 aliphatic carbocycles. The summed E-state index contributed by atoms with van der Waals surface area (Å²) in [5.41, 5.74) is 3.86. The molecule has 7 nitrogen and oxygen atoms in total. The molecule has 8 heteroatoms. The molecule has 2 aromatic carbocycles. The van der Waals surface area contributed by atoms with Crippen molar-refractivity contribution in [2.75, 3.05) is 7.11 Å². The van der Waals surface area contributed by atoms with Crippen LogP contribution < -0.4 is 15.0 Å². The van der Waals surface area contributed by atoms with E-state index in [1.807, 2.05) is 31.2 Å². The maximum absolute atomic E-state index is 13.7. The predicted octanol–water partition coefficient (Wildman–Crippen LogP) is 4.89. The molecule has 0 amide bonds. The molecular formula is C27H23FN4O3. The Hall–Kier alpha value is -4.46. The first-order valence-corrected chi connectivity index (χ1v) is 11.1. The molecule has 5 rings (SSSR count). The molecule has 0 N–H and O–H groups in total. The molecule has 0 atom stereocenters. The number of benzene rings is 2. The van der Waals surface area contributed by atoms with Crippen LogP contribution in [0.15, 0.2) is 77.7 Å². The Morgan fingerprint density at radius 3 is 2.54 bits per heavy atom. The number of nitrogens with zero attached hydrogens (tertiary/aromatic N) is 4. The molecule has 35 heavy (non-hydrogen) atoms. The monoisotopic (exact) mass is 470 g/mol. The van der Waals surface area contributed by atoms with Gasteiger partial charge in [-0.25, -0.2) is 14.1 Å². The van der Waals surface area contributed by atoms with Crippen molar-refractivity contribution in [1.29, 1.82) is 0 Å². The summed E-state index contributed by atoms with van der Waals surface area (Å²) < 4.78 is 28.0. The van der Waals surface area contributed by atoms with Gasteiger partial charge in [-0.3, -0.25) is 9.20 Å². The van der Waals surface area contributed by atoms with Gasteiger partial charge in [0, 0.05) is 11.9 Å². The largest absolute Gasteiger partial charge is 0.497 e. The van der Waals surface area contributed by atoms with Gasteiger partial charge in [0.25, 0.3) is 5.56 Å². The third-order valence-corrected chi connectivity index (χ3v) is 5.75. The van der Waals surface area contributed by atoms with E-state index in [0.29, 0.717) is 40.6 Å². The minimum atomic E-state index is -0.357. The van der Waals surface area contributed by atoms with Crippen LogP contribution in [0, 0.1) is 19.7 Å². The fraction of sp³-hybridized carbons (Fsp3) is 0.148. The molecule has 0 aliphatic heterocycles. The Morgan fingerprint density at radius 2 is 1.80 bits per heavy atom. The maximum Gasteiger partial charge on any atom is 0.267 e. The highest BCUT2D eigenvalue weighted by atomic mass is 19.1. The van der Waals surface area contributed by atoms with E-state index in [1.54, 1.807) is 55.2 Å². The summed E-state index contributed by atoms with van der Waals surface area (Å²) in [6, 6.07) is 19.1. The van der Waals surface area contributed by atoms with Gasteiger partial charge >= 0.3 is 0 Å². The lowest BCUT2D eigenvalue weighted by Crippen LogP contribution is -2.19. The van der Waals surface area contributed by atoms with Gasteiger partial charge in [-0.2, -0.15) is 5.10 Å². The number of rotatable bonds is 6. The van der Waals surface area contributed by atoms with E-state index in [9.17, 15) is 9.18 Å². The van der Waals surface area contributed by atoms with Crippen molar-refractivity contribution in [2.24, 2.45) is 0 Å². The van der Waals surface area contributed by atoms with Crippen molar-refractivity contribution >= 4 is 5.65 Å². The van der Waals surface area contributed by atoms with Crippen LogP contribution in [0.25, 0.3) is 22.6 Å². The highest BCUT2D eigenvalue weighted by Gasteiger charge is 2.18. The van der Waals surface area contributed by atoms with E-state index in [2.05, 4.69) is 10.1 Å². The molecule has 3 heterocycles. The number of fused-ring (bicyclic) bond motifs is 1. The third kappa shape index (κ3) is 4.26. The van der Waals surface area contributed by atoms with Gasteiger partial charge in [-0.05, 0) is 67.9 Å². The fourth-order valence-electron chi connectivity index (χ4n) is 4.00. The Morgan fingerprint density at radius 1 is 1.00 bits per heavy atom. The van der Waals surface area contributed by atoms with Crippen LogP contribution in [0.2, 0.25) is 0 Å². The first-order chi connectivity index (χ1) is 16.9. The zero-order valence-corrected chi connectivity index (χ0v) is 19.5. The molecule has 0 saturated carbocycles. The van der Waals surface area contributed by atoms with E-state index < -0.39 is 0 Å². The average molecular weight is 471 g/mol. The summed E-state index contributed by atoms with van der Waals surface area (Å²) in [4.78, 5) is 18.2. The number of hydrogen-bond donors (Lipinski definition) is 0. The molecule has 0 aliphatic rings. The van der Waals surface area contributed by atoms with E-state index >= 15 is 0 Å². The number of pyridine rings is 1. The van der Waals surface area contributed by atoms with E-state index in [1.165, 1.54) is 16.5 Å². The first-order valence-electron chi connectivity index (χ1n) is 11.1. The minimum Gasteiger partial charge on any atom is -0.497 e. The topological polar surface area (TPSA) is 70.7 Å². The van der Waals surface area contributed by atoms with Crippen LogP contribution in [0.1, 0.15) is 17.0 Å². The van der Waals surface area contributed by atoms with Gasteiger partial charge in [0.2, 0.25) is 0 Å². The number of halogens is 1. The number of aryl methyl sites for hydroxylation is 2. The summed E-state index contributed by atoms with van der Waals surface area (Å²) in [5, 5.41) is 4.59. The molecule has 0 saturated heterocycles. The molecule has 176 valence electrons. The summed E-state index contributed by atoms with van der Waals surface area (Å²) in [5.74, 6) is 0.909. The zero-order chi connectivity index (χ0) is 24.5. The zero-order valence-electron chi connectivity index (χ0n) is 19.5. The number of hydrogen-bond acceptors (Lipinski definition) is 5. The smallest absolute Gasteiger partial charge is 0.267 e. The summed E-state index contributed by atoms with van der Waals surface area (Å²) in [6.45, 7) is 3.94. The van der Waals surface area contributed by atoms with E-state index in [-0.39, 0.29) is 11.4 Å². The van der Waals surface area contributed by atoms with Gasteiger partial charge in [0.1, 0.15) is 23.9 Å². The van der Waals surface area contributed by atoms with Crippen molar-refractivity contribution in [2.45, 2.75) is 20.5 Å². The Bertz CT molecular complexity index is 1590. The van der Waals surface area contributed by atoms with Crippen molar-refractivity contribution < 1.29 is 13.9 Å². The lowest BCUT2D eigenvalue weighted by atomic mass is 10.1. The second-order valence-corrected chi connectivity index (χ2v) is 8.14. The lowest BCUT2D eigenvalue weighted by Gasteiger charge is -2.12. The van der Waals surface area contributed by atoms with Crippen molar-refractivity contribution in [3.8, 4) is 28.4 Å². The first kappa shape index (κ1) is 22.3. The number of ether oxygens (including phenoxy) is 2. The Kier molecular flexibility index (Phi) is 5.78. The van der Waals surface area contributed by atoms with Crippen LogP contribution >= 0.6 is 0 Å². The van der Waals surface area contributed by atoms with Crippen LogP contribution in [-0.2, 0) is 6.61 Å². The highest BCUT2D eigenvalue weighted by Crippen LogP contribution is 2.25. The summed E-state index contributed by atoms with van der Waals surface area (Å²) in [6.07, 6.45) is 1.66. The van der Waals surface area contributed by atoms with Gasteiger partial charge in [-0.15, -0.1) is 0 Å². The summed E-state index contributed by atoms with van der Waals surface area (Å²) >= 11 is 0. The molecule has 0 spiro atoms. The normalized spacial score (nSPS) is 11.1. The molecular weight excluding hydrogens is 447 g/mol. The highest BCUT2D eigenvalue weighted by molar-refractivity contribution is 5.65. The SMILES string of the molecule is COc1ccc(COc2cccn3c(=O)c(-c4cc(C)n(-c5cccc(F)c5)n4)c(C)nc23)cc1. The Labute approximate surface area is 201 Å². The summed E-state index contributed by atoms with van der Waals surface area (Å²) in [7, 11) is 1.62. The standard InChI is InChI=1S/C27H23FN4O3/c1-17-14-23(30-32(17)21-7-4-6-20(28)15-21)25-18(2)29-26-24(8-5-13-31(26)27(25)33)35-16-19-9-11-22(34-3)12-10-19/h4-15H,16H2,1-3H3. The van der Waals surface area contributed by atoms with Gasteiger partial charge in [-0.1, -0.05) is 18.2 Å². The van der Waals surface area contributed by atoms with Crippen molar-refractivity contribution in [3.05, 3.63) is 106 Å². The van der Waals surface area contributed by atoms with Crippen LogP contribution in [0.5, 0.6) is 11.5 Å². The second kappa shape index (κ2) is 9.06. The molecule has 0 bridgehead atoms. The molecule has 3 aromatic heterocycles. The Balaban J connectivity index is 1.52. The van der Waals surface area contributed by atoms with Gasteiger partial charge in [0.05, 0.1) is 24.1 Å². The third-order valence-electron chi connectivity index (χ3n) is 5.75. The van der Waals surface area contributed by atoms with E-state index in [4.69, 9.17) is 9.47 Å². The van der Waals surface area contributed by atoms with E-state index in [0.717, 1.165) is 17.0 Å². The van der Waals surface area contributed by atoms with Crippen molar-refractivity contribution in [3.63, 3.8) is 0 Å². The lowest BCUT2D eigenvalue weighted by molar-refractivity contribution is 0.307. The van der Waals surface area contributed by atoms with Crippen LogP contribution in [0.3, 0.4) is 0 Å². The maximum atomic E-state index is 13.7. The molecule has 0 fully saturated rings. The number of aromatic nitrogens is 4. The quantitative estimate of drug-likeness (QED) is 0.353. The molecule has 5 aromatic rings. The van der Waals surface area contributed by atoms with Crippen LogP contribution in [0.4, 0.5) is 4.39 Å². The minimum absolute atomic E-state index is 0.258. The van der Waals surface area contributed by atoms with Crippen molar-refractivity contribution in [1.82, 2.24) is 19.2 Å².